The Balaban J connectivity index is 1.91. The molecule has 8 nitrogen and oxygen atoms in total. The quantitative estimate of drug-likeness (QED) is 0.890. The van der Waals surface area contributed by atoms with Crippen LogP contribution in [0, 0.1) is 19.8 Å². The first kappa shape index (κ1) is 19.0. The van der Waals surface area contributed by atoms with Gasteiger partial charge >= 0.3 is 0 Å². The SMILES string of the molecule is Cc1cncc(C(=O)N2CCCN(C(=O)C(C)C)C(c3n[nH]c(C)n3)C2)c1. The zero-order chi connectivity index (χ0) is 19.6. The molecule has 3 rings (SSSR count). The van der Waals surface area contributed by atoms with E-state index in [-0.39, 0.29) is 23.8 Å². The Morgan fingerprint density at radius 1 is 1.22 bits per heavy atom. The molecule has 2 aromatic heterocycles. The van der Waals surface area contributed by atoms with Crippen molar-refractivity contribution in [1.82, 2.24) is 30.0 Å². The Kier molecular flexibility index (Phi) is 5.53. The van der Waals surface area contributed by atoms with Crippen LogP contribution in [0.1, 0.15) is 53.9 Å². The molecule has 1 unspecified atom stereocenters. The van der Waals surface area contributed by atoms with Gasteiger partial charge < -0.3 is 9.80 Å². The minimum Gasteiger partial charge on any atom is -0.336 e. The first-order chi connectivity index (χ1) is 12.9. The molecule has 0 bridgehead atoms. The van der Waals surface area contributed by atoms with Gasteiger partial charge in [0.05, 0.1) is 5.56 Å². The molecule has 1 aliphatic heterocycles. The summed E-state index contributed by atoms with van der Waals surface area (Å²) in [6.07, 6.45) is 4.02. The van der Waals surface area contributed by atoms with Gasteiger partial charge in [-0.1, -0.05) is 13.8 Å². The molecule has 0 aromatic carbocycles. The van der Waals surface area contributed by atoms with Crippen molar-refractivity contribution in [1.29, 1.82) is 0 Å². The number of nitrogens with one attached hydrogen (secondary N) is 1. The van der Waals surface area contributed by atoms with Crippen molar-refractivity contribution in [3.05, 3.63) is 41.2 Å². The van der Waals surface area contributed by atoms with E-state index >= 15 is 0 Å². The van der Waals surface area contributed by atoms with E-state index in [0.29, 0.717) is 43.3 Å². The summed E-state index contributed by atoms with van der Waals surface area (Å²) in [4.78, 5) is 38.0. The zero-order valence-corrected chi connectivity index (χ0v) is 16.3. The fourth-order valence-corrected chi connectivity index (χ4v) is 3.35. The molecule has 1 aliphatic rings. The molecule has 0 spiro atoms. The van der Waals surface area contributed by atoms with Gasteiger partial charge in [0.2, 0.25) is 5.91 Å². The average Bonchev–Trinajstić information content (AvgIpc) is 2.95. The lowest BCUT2D eigenvalue weighted by Gasteiger charge is -2.31. The van der Waals surface area contributed by atoms with E-state index in [1.807, 2.05) is 38.7 Å². The maximum Gasteiger partial charge on any atom is 0.255 e. The van der Waals surface area contributed by atoms with Gasteiger partial charge in [0.15, 0.2) is 5.82 Å². The molecule has 0 radical (unpaired) electrons. The van der Waals surface area contributed by atoms with E-state index in [9.17, 15) is 9.59 Å². The van der Waals surface area contributed by atoms with Crippen LogP contribution in [0.5, 0.6) is 0 Å². The number of aryl methyl sites for hydroxylation is 2. The molecule has 2 amide bonds. The predicted molar refractivity (Wildman–Crippen MR) is 99.9 cm³/mol. The number of hydrogen-bond acceptors (Lipinski definition) is 5. The summed E-state index contributed by atoms with van der Waals surface area (Å²) >= 11 is 0. The van der Waals surface area contributed by atoms with Crippen molar-refractivity contribution in [3.63, 3.8) is 0 Å². The summed E-state index contributed by atoms with van der Waals surface area (Å²) in [7, 11) is 0. The highest BCUT2D eigenvalue weighted by Crippen LogP contribution is 2.25. The van der Waals surface area contributed by atoms with Crippen molar-refractivity contribution >= 4 is 11.8 Å². The van der Waals surface area contributed by atoms with Crippen molar-refractivity contribution in [2.45, 2.75) is 40.2 Å². The standard InChI is InChI=1S/C19H26N6O2/c1-12(2)18(26)25-7-5-6-24(11-16(25)17-21-14(4)22-23-17)19(27)15-8-13(3)9-20-10-15/h8-10,12,16H,5-7,11H2,1-4H3,(H,21,22,23). The van der Waals surface area contributed by atoms with Crippen LogP contribution in [0.15, 0.2) is 18.5 Å². The number of hydrogen-bond donors (Lipinski definition) is 1. The number of carbonyl (C=O) groups is 2. The molecule has 3 heterocycles. The molecular formula is C19H26N6O2. The molecule has 1 N–H and O–H groups in total. The van der Waals surface area contributed by atoms with E-state index in [1.54, 1.807) is 17.3 Å². The van der Waals surface area contributed by atoms with Gasteiger partial charge in [-0.2, -0.15) is 5.10 Å². The van der Waals surface area contributed by atoms with Gasteiger partial charge in [-0.25, -0.2) is 4.98 Å². The van der Waals surface area contributed by atoms with Crippen LogP contribution in [-0.4, -0.2) is 61.4 Å². The Morgan fingerprint density at radius 3 is 2.63 bits per heavy atom. The predicted octanol–water partition coefficient (Wildman–Crippen LogP) is 1.89. The lowest BCUT2D eigenvalue weighted by atomic mass is 10.1. The number of amides is 2. The Morgan fingerprint density at radius 2 is 2.00 bits per heavy atom. The first-order valence-electron chi connectivity index (χ1n) is 9.27. The van der Waals surface area contributed by atoms with E-state index in [0.717, 1.165) is 5.56 Å². The van der Waals surface area contributed by atoms with Crippen LogP contribution in [0.3, 0.4) is 0 Å². The first-order valence-corrected chi connectivity index (χ1v) is 9.27. The molecule has 1 atom stereocenters. The summed E-state index contributed by atoms with van der Waals surface area (Å²) in [5.74, 6) is 1.07. The minimum atomic E-state index is -0.367. The smallest absolute Gasteiger partial charge is 0.255 e. The highest BCUT2D eigenvalue weighted by atomic mass is 16.2. The molecular weight excluding hydrogens is 344 g/mol. The summed E-state index contributed by atoms with van der Waals surface area (Å²) in [6, 6.07) is 1.47. The fraction of sp³-hybridized carbons (Fsp3) is 0.526. The second-order valence-electron chi connectivity index (χ2n) is 7.34. The fourth-order valence-electron chi connectivity index (χ4n) is 3.35. The monoisotopic (exact) mass is 370 g/mol. The molecule has 1 saturated heterocycles. The lowest BCUT2D eigenvalue weighted by molar-refractivity contribution is -0.137. The number of aromatic nitrogens is 4. The summed E-state index contributed by atoms with van der Waals surface area (Å²) in [5.41, 5.74) is 1.50. The van der Waals surface area contributed by atoms with E-state index in [4.69, 9.17) is 0 Å². The second kappa shape index (κ2) is 7.85. The van der Waals surface area contributed by atoms with Crippen LogP contribution in [-0.2, 0) is 4.79 Å². The average molecular weight is 370 g/mol. The van der Waals surface area contributed by atoms with Gasteiger partial charge in [0.1, 0.15) is 11.9 Å². The second-order valence-corrected chi connectivity index (χ2v) is 7.34. The number of H-pyrrole nitrogens is 1. The van der Waals surface area contributed by atoms with Crippen LogP contribution in [0.2, 0.25) is 0 Å². The Labute approximate surface area is 159 Å². The van der Waals surface area contributed by atoms with Crippen molar-refractivity contribution < 1.29 is 9.59 Å². The van der Waals surface area contributed by atoms with E-state index in [1.165, 1.54) is 0 Å². The number of nitrogens with zero attached hydrogens (tertiary/aromatic N) is 5. The van der Waals surface area contributed by atoms with Crippen molar-refractivity contribution in [2.24, 2.45) is 5.92 Å². The number of pyridine rings is 1. The number of aromatic amines is 1. The third-order valence-corrected chi connectivity index (χ3v) is 4.70. The van der Waals surface area contributed by atoms with E-state index < -0.39 is 0 Å². The molecule has 0 aliphatic carbocycles. The highest BCUT2D eigenvalue weighted by Gasteiger charge is 2.35. The highest BCUT2D eigenvalue weighted by molar-refractivity contribution is 5.94. The van der Waals surface area contributed by atoms with Gasteiger partial charge in [0.25, 0.3) is 5.91 Å². The third kappa shape index (κ3) is 4.15. The molecule has 8 heteroatoms. The summed E-state index contributed by atoms with van der Waals surface area (Å²) in [5, 5.41) is 7.12. The lowest BCUT2D eigenvalue weighted by Crippen LogP contribution is -2.42. The maximum atomic E-state index is 13.0. The number of rotatable bonds is 3. The summed E-state index contributed by atoms with van der Waals surface area (Å²) in [6.45, 7) is 9.02. The number of carbonyl (C=O) groups excluding carboxylic acids is 2. The van der Waals surface area contributed by atoms with Crippen LogP contribution in [0.25, 0.3) is 0 Å². The molecule has 27 heavy (non-hydrogen) atoms. The Bertz CT molecular complexity index is 831. The van der Waals surface area contributed by atoms with Gasteiger partial charge in [0, 0.05) is 37.9 Å². The maximum absolute atomic E-state index is 13.0. The molecule has 0 saturated carbocycles. The molecule has 144 valence electrons. The van der Waals surface area contributed by atoms with E-state index in [2.05, 4.69) is 20.2 Å². The van der Waals surface area contributed by atoms with Crippen molar-refractivity contribution in [2.75, 3.05) is 19.6 Å². The zero-order valence-electron chi connectivity index (χ0n) is 16.3. The largest absolute Gasteiger partial charge is 0.336 e. The normalized spacial score (nSPS) is 17.9. The Hall–Kier alpha value is -2.77. The van der Waals surface area contributed by atoms with Gasteiger partial charge in [-0.15, -0.1) is 0 Å². The van der Waals surface area contributed by atoms with Crippen LogP contribution < -0.4 is 0 Å². The topological polar surface area (TPSA) is 95.1 Å². The van der Waals surface area contributed by atoms with Crippen molar-refractivity contribution in [3.8, 4) is 0 Å². The third-order valence-electron chi connectivity index (χ3n) is 4.70. The van der Waals surface area contributed by atoms with Gasteiger partial charge in [-0.05, 0) is 31.9 Å². The van der Waals surface area contributed by atoms with Crippen LogP contribution in [0.4, 0.5) is 0 Å². The summed E-state index contributed by atoms with van der Waals surface area (Å²) < 4.78 is 0. The minimum absolute atomic E-state index is 0.0500. The van der Waals surface area contributed by atoms with Crippen LogP contribution >= 0.6 is 0 Å². The molecule has 1 fully saturated rings. The van der Waals surface area contributed by atoms with Gasteiger partial charge in [-0.3, -0.25) is 19.7 Å². The molecule has 2 aromatic rings.